The van der Waals surface area contributed by atoms with Gasteiger partial charge in [0.15, 0.2) is 0 Å². The predicted molar refractivity (Wildman–Crippen MR) is 104 cm³/mol. The van der Waals surface area contributed by atoms with Crippen LogP contribution in [0.3, 0.4) is 0 Å². The molecule has 0 aromatic carbocycles. The molecule has 1 heterocycles. The molecule has 0 atom stereocenters. The molecule has 0 aromatic rings. The van der Waals surface area contributed by atoms with Crippen LogP contribution in [0.5, 0.6) is 0 Å². The zero-order valence-corrected chi connectivity index (χ0v) is 19.2. The molecule has 1 aliphatic heterocycles. The van der Waals surface area contributed by atoms with Crippen LogP contribution in [0.1, 0.15) is 65.2 Å². The van der Waals surface area contributed by atoms with Crippen molar-refractivity contribution in [2.45, 2.75) is 65.2 Å². The number of hydrogen-bond acceptors (Lipinski definition) is 3. The largest absolute Gasteiger partial charge is 0.545 e. The third kappa shape index (κ3) is 10.1. The van der Waals surface area contributed by atoms with Crippen molar-refractivity contribution in [3.63, 3.8) is 0 Å². The van der Waals surface area contributed by atoms with E-state index in [1.807, 2.05) is 0 Å². The van der Waals surface area contributed by atoms with Gasteiger partial charge in [-0.1, -0.05) is 39.5 Å². The second-order valence-electron chi connectivity index (χ2n) is 7.34. The van der Waals surface area contributed by atoms with Gasteiger partial charge in [0.1, 0.15) is 0 Å². The number of nitrogens with zero attached hydrogens (tertiary/aromatic N) is 2. The van der Waals surface area contributed by atoms with Crippen molar-refractivity contribution in [3.8, 4) is 0 Å². The van der Waals surface area contributed by atoms with Crippen molar-refractivity contribution in [3.05, 3.63) is 12.2 Å². The average Bonchev–Trinajstić information content (AvgIpc) is 2.61. The fourth-order valence-electron chi connectivity index (χ4n) is 3.66. The van der Waals surface area contributed by atoms with Crippen molar-refractivity contribution >= 4 is 41.4 Å². The predicted octanol–water partition coefficient (Wildman–Crippen LogP) is 1.73. The van der Waals surface area contributed by atoms with E-state index in [-0.39, 0.29) is 35.5 Å². The summed E-state index contributed by atoms with van der Waals surface area (Å²) >= 11 is 0. The first-order valence-corrected chi connectivity index (χ1v) is 10.1. The van der Waals surface area contributed by atoms with Crippen LogP contribution in [0.25, 0.3) is 0 Å². The van der Waals surface area contributed by atoms with E-state index < -0.39 is 5.97 Å². The Balaban J connectivity index is 0.00000625. The Labute approximate surface area is 181 Å². The Bertz CT molecular complexity index is 419. The fraction of sp³-hybridized carbons (Fsp3) is 0.800. The number of hydrogen-bond donors (Lipinski definition) is 0. The molecule has 0 N–H and O–H groups in total. The van der Waals surface area contributed by atoms with Crippen molar-refractivity contribution < 1.29 is 19.2 Å². The van der Waals surface area contributed by atoms with Crippen molar-refractivity contribution in [1.29, 1.82) is 0 Å². The number of carboxylic acids is 1. The maximum Gasteiger partial charge on any atom is 0.247 e. The van der Waals surface area contributed by atoms with E-state index in [9.17, 15) is 14.7 Å². The number of quaternary nitrogens is 1. The zero-order chi connectivity index (χ0) is 18.5. The van der Waals surface area contributed by atoms with E-state index in [1.54, 1.807) is 4.90 Å². The van der Waals surface area contributed by atoms with Gasteiger partial charge in [-0.3, -0.25) is 4.79 Å². The first kappa shape index (κ1) is 25.6. The quantitative estimate of drug-likeness (QED) is 0.226. The summed E-state index contributed by atoms with van der Waals surface area (Å²) in [6.07, 6.45) is 12.2. The summed E-state index contributed by atoms with van der Waals surface area (Å²) in [6, 6.07) is 0. The van der Waals surface area contributed by atoms with Crippen molar-refractivity contribution in [1.82, 2.24) is 4.90 Å². The van der Waals surface area contributed by atoms with Crippen LogP contribution >= 0.6 is 0 Å². The molecule has 1 aliphatic rings. The number of carbonyl (C=O) groups is 2. The van der Waals surface area contributed by atoms with Gasteiger partial charge in [0, 0.05) is 35.6 Å². The molecule has 0 aromatic heterocycles. The van der Waals surface area contributed by atoms with E-state index in [1.165, 1.54) is 64.5 Å². The molecule has 1 saturated heterocycles. The van der Waals surface area contributed by atoms with Gasteiger partial charge in [0.2, 0.25) is 5.91 Å². The molecular weight excluding hydrogens is 339 g/mol. The Morgan fingerprint density at radius 3 is 1.81 bits per heavy atom. The molecule has 145 valence electrons. The summed E-state index contributed by atoms with van der Waals surface area (Å²) in [5.74, 6) is -1.53. The summed E-state index contributed by atoms with van der Waals surface area (Å²) in [4.78, 5) is 24.3. The first-order chi connectivity index (χ1) is 12.0. The van der Waals surface area contributed by atoms with Crippen LogP contribution in [-0.4, -0.2) is 90.1 Å². The molecule has 0 unspecified atom stereocenters. The van der Waals surface area contributed by atoms with E-state index in [0.717, 1.165) is 42.8 Å². The normalized spacial score (nSPS) is 16.5. The molecule has 5 nitrogen and oxygen atoms in total. The van der Waals surface area contributed by atoms with Gasteiger partial charge >= 0.3 is 0 Å². The van der Waals surface area contributed by atoms with Gasteiger partial charge in [-0.15, -0.1) is 0 Å². The standard InChI is InChI=1S/C20H36N2O3.Na/c1-3-5-7-9-15-22(16-10-8-6-4-2)17-13-21(14-18-22)19(23)11-12-20(24)25;/h11-12H,3-10,13-18H2,1-2H3;/b12-11-;. The van der Waals surface area contributed by atoms with Gasteiger partial charge in [-0.25, -0.2) is 0 Å². The van der Waals surface area contributed by atoms with Crippen LogP contribution in [0.15, 0.2) is 12.2 Å². The Hall–Kier alpha value is -0.360. The van der Waals surface area contributed by atoms with Gasteiger partial charge in [0.25, 0.3) is 0 Å². The van der Waals surface area contributed by atoms with Crippen LogP contribution < -0.4 is 5.11 Å². The molecule has 0 bridgehead atoms. The topological polar surface area (TPSA) is 60.4 Å². The van der Waals surface area contributed by atoms with Gasteiger partial charge < -0.3 is 19.3 Å². The average molecular weight is 376 g/mol. The monoisotopic (exact) mass is 375 g/mol. The zero-order valence-electron chi connectivity index (χ0n) is 17.2. The molecule has 6 heteroatoms. The van der Waals surface area contributed by atoms with Crippen molar-refractivity contribution in [2.24, 2.45) is 0 Å². The minimum absolute atomic E-state index is 0. The number of carboxylic acid groups (broad SMARTS) is 1. The van der Waals surface area contributed by atoms with Gasteiger partial charge in [-0.2, -0.15) is 0 Å². The van der Waals surface area contributed by atoms with Crippen molar-refractivity contribution in [2.75, 3.05) is 39.3 Å². The molecule has 1 radical (unpaired) electrons. The number of piperazine rings is 1. The van der Waals surface area contributed by atoms with Gasteiger partial charge in [0.05, 0.1) is 45.2 Å². The van der Waals surface area contributed by atoms with Crippen LogP contribution in [0.2, 0.25) is 0 Å². The smallest absolute Gasteiger partial charge is 0.247 e. The van der Waals surface area contributed by atoms with E-state index in [2.05, 4.69) is 13.8 Å². The minimum atomic E-state index is -1.32. The summed E-state index contributed by atoms with van der Waals surface area (Å²) in [5.41, 5.74) is 0. The molecule has 0 spiro atoms. The minimum Gasteiger partial charge on any atom is -0.545 e. The van der Waals surface area contributed by atoms with E-state index >= 15 is 0 Å². The third-order valence-electron chi connectivity index (χ3n) is 5.33. The maximum atomic E-state index is 12.1. The fourth-order valence-corrected chi connectivity index (χ4v) is 3.66. The summed E-state index contributed by atoms with van der Waals surface area (Å²) in [5, 5.41) is 10.5. The summed E-state index contributed by atoms with van der Waals surface area (Å²) in [6.45, 7) is 10.3. The van der Waals surface area contributed by atoms with Crippen LogP contribution in [-0.2, 0) is 9.59 Å². The second kappa shape index (κ2) is 14.7. The van der Waals surface area contributed by atoms with E-state index in [0.29, 0.717) is 0 Å². The number of aliphatic carboxylic acids is 1. The van der Waals surface area contributed by atoms with Crippen LogP contribution in [0, 0.1) is 0 Å². The molecular formula is C20H36N2NaO3. The molecule has 1 fully saturated rings. The Morgan fingerprint density at radius 1 is 0.885 bits per heavy atom. The molecule has 0 aliphatic carbocycles. The molecule has 0 saturated carbocycles. The van der Waals surface area contributed by atoms with Crippen LogP contribution in [0.4, 0.5) is 0 Å². The number of rotatable bonds is 12. The summed E-state index contributed by atoms with van der Waals surface area (Å²) < 4.78 is 1.13. The number of carbonyl (C=O) groups excluding carboxylic acids is 2. The molecule has 1 amide bonds. The first-order valence-electron chi connectivity index (χ1n) is 10.1. The molecule has 1 rings (SSSR count). The maximum absolute atomic E-state index is 12.1. The van der Waals surface area contributed by atoms with Gasteiger partial charge in [-0.05, 0) is 31.8 Å². The molecule has 26 heavy (non-hydrogen) atoms. The second-order valence-corrected chi connectivity index (χ2v) is 7.34. The summed E-state index contributed by atoms with van der Waals surface area (Å²) in [7, 11) is 0. The Morgan fingerprint density at radius 2 is 1.38 bits per heavy atom. The Kier molecular flexibility index (Phi) is 14.5. The number of amides is 1. The number of unbranched alkanes of at least 4 members (excludes halogenated alkanes) is 6. The SMILES string of the molecule is CCCCCC[N+]1(CCCCCC)CCN(C(=O)/C=C\C(=O)[O-])CC1.[Na]. The third-order valence-corrected chi connectivity index (χ3v) is 5.33. The van der Waals surface area contributed by atoms with E-state index in [4.69, 9.17) is 0 Å².